The normalized spacial score (nSPS) is 57.8. The summed E-state index contributed by atoms with van der Waals surface area (Å²) in [7, 11) is 0. The van der Waals surface area contributed by atoms with Crippen LogP contribution in [0.1, 0.15) is 97.3 Å². The fraction of sp³-hybridized carbons (Fsp3) is 0.958. The van der Waals surface area contributed by atoms with Crippen molar-refractivity contribution in [3.05, 3.63) is 0 Å². The summed E-state index contributed by atoms with van der Waals surface area (Å²) in [6.07, 6.45) is 19.7. The Kier molecular flexibility index (Phi) is 3.76. The summed E-state index contributed by atoms with van der Waals surface area (Å²) < 4.78 is 0. The van der Waals surface area contributed by atoms with Gasteiger partial charge in [-0.1, -0.05) is 33.1 Å². The van der Waals surface area contributed by atoms with Crippen molar-refractivity contribution in [3.63, 3.8) is 0 Å². The minimum Gasteiger partial charge on any atom is -0.303 e. The van der Waals surface area contributed by atoms with Gasteiger partial charge < -0.3 is 4.79 Å². The molecular formula is C24H38O. The summed E-state index contributed by atoms with van der Waals surface area (Å²) in [6, 6.07) is 0. The van der Waals surface area contributed by atoms with Gasteiger partial charge in [0.25, 0.3) is 0 Å². The van der Waals surface area contributed by atoms with Gasteiger partial charge in [0, 0.05) is 5.41 Å². The first-order valence-corrected chi connectivity index (χ1v) is 11.5. The highest BCUT2D eigenvalue weighted by Gasteiger charge is 2.63. The molecule has 5 rings (SSSR count). The van der Waals surface area contributed by atoms with Gasteiger partial charge in [-0.05, 0) is 105 Å². The van der Waals surface area contributed by atoms with Crippen molar-refractivity contribution in [2.75, 3.05) is 0 Å². The van der Waals surface area contributed by atoms with Crippen molar-refractivity contribution >= 4 is 6.29 Å². The third-order valence-corrected chi connectivity index (χ3v) is 10.8. The second-order valence-electron chi connectivity index (χ2n) is 11.3. The van der Waals surface area contributed by atoms with Gasteiger partial charge in [0.2, 0.25) is 0 Å². The highest BCUT2D eigenvalue weighted by atomic mass is 16.1. The maximum absolute atomic E-state index is 12.0. The van der Waals surface area contributed by atoms with Crippen LogP contribution >= 0.6 is 0 Å². The van der Waals surface area contributed by atoms with E-state index in [0.717, 1.165) is 29.6 Å². The van der Waals surface area contributed by atoms with E-state index in [4.69, 9.17) is 0 Å². The molecule has 0 bridgehead atoms. The Morgan fingerprint density at radius 1 is 0.720 bits per heavy atom. The minimum atomic E-state index is 0.0936. The predicted octanol–water partition coefficient (Wildman–Crippen LogP) is 6.40. The average Bonchev–Trinajstić information content (AvgIpc) is 3.06. The topological polar surface area (TPSA) is 17.1 Å². The van der Waals surface area contributed by atoms with E-state index in [1.54, 1.807) is 0 Å². The molecule has 1 nitrogen and oxygen atoms in total. The fourth-order valence-electron chi connectivity index (χ4n) is 9.66. The first kappa shape index (κ1) is 16.8. The first-order valence-electron chi connectivity index (χ1n) is 11.5. The maximum Gasteiger partial charge on any atom is 0.126 e. The van der Waals surface area contributed by atoms with E-state index in [0.29, 0.717) is 10.8 Å². The second kappa shape index (κ2) is 5.59. The van der Waals surface area contributed by atoms with Crippen molar-refractivity contribution in [3.8, 4) is 0 Å². The largest absolute Gasteiger partial charge is 0.303 e. The predicted molar refractivity (Wildman–Crippen MR) is 102 cm³/mol. The van der Waals surface area contributed by atoms with Crippen LogP contribution in [0.3, 0.4) is 0 Å². The van der Waals surface area contributed by atoms with Crippen molar-refractivity contribution in [1.29, 1.82) is 0 Å². The molecule has 5 saturated carbocycles. The lowest BCUT2D eigenvalue weighted by Gasteiger charge is -2.66. The molecule has 0 radical (unpaired) electrons. The Balaban J connectivity index is 1.48. The highest BCUT2D eigenvalue weighted by molar-refractivity contribution is 5.61. The molecule has 5 aliphatic carbocycles. The molecule has 0 spiro atoms. The standard InChI is InChI=1S/C24H38O/c1-22-12-4-3-6-17(22)10-14-23(2)19-11-15-24(16-25)13-5-7-20(24)18(19)8-9-21(22)23/h16-21H,3-15H2,1-2H3. The summed E-state index contributed by atoms with van der Waals surface area (Å²) in [5.41, 5.74) is 1.30. The SMILES string of the molecule is CC12CCCCC1CCC1(C)C3CCC4(C=O)CCCC4C3CCC21. The van der Waals surface area contributed by atoms with Gasteiger partial charge in [0.05, 0.1) is 0 Å². The van der Waals surface area contributed by atoms with Crippen molar-refractivity contribution in [1.82, 2.24) is 0 Å². The molecule has 8 atom stereocenters. The molecule has 0 heterocycles. The van der Waals surface area contributed by atoms with Gasteiger partial charge in [-0.25, -0.2) is 0 Å². The van der Waals surface area contributed by atoms with Gasteiger partial charge in [-0.15, -0.1) is 0 Å². The number of aldehydes is 1. The molecule has 0 amide bonds. The molecule has 0 aromatic carbocycles. The summed E-state index contributed by atoms with van der Waals surface area (Å²) in [5, 5.41) is 0. The minimum absolute atomic E-state index is 0.0936. The lowest BCUT2D eigenvalue weighted by Crippen LogP contribution is -2.59. The van der Waals surface area contributed by atoms with Crippen molar-refractivity contribution in [2.24, 2.45) is 45.8 Å². The lowest BCUT2D eigenvalue weighted by atomic mass is 9.38. The number of hydrogen-bond donors (Lipinski definition) is 0. The number of carbonyl (C=O) groups excluding carboxylic acids is 1. The molecule has 0 aromatic rings. The first-order chi connectivity index (χ1) is 12.0. The van der Waals surface area contributed by atoms with E-state index in [2.05, 4.69) is 13.8 Å². The lowest BCUT2D eigenvalue weighted by molar-refractivity contribution is -0.174. The quantitative estimate of drug-likeness (QED) is 0.504. The molecule has 1 heteroatoms. The smallest absolute Gasteiger partial charge is 0.126 e. The molecular weight excluding hydrogens is 304 g/mol. The zero-order chi connectivity index (χ0) is 17.3. The Morgan fingerprint density at radius 2 is 1.60 bits per heavy atom. The number of carbonyl (C=O) groups is 1. The summed E-state index contributed by atoms with van der Waals surface area (Å²) >= 11 is 0. The van der Waals surface area contributed by atoms with Gasteiger partial charge in [0.1, 0.15) is 6.29 Å². The third-order valence-electron chi connectivity index (χ3n) is 10.8. The van der Waals surface area contributed by atoms with E-state index in [-0.39, 0.29) is 5.41 Å². The van der Waals surface area contributed by atoms with E-state index in [1.165, 1.54) is 89.8 Å². The van der Waals surface area contributed by atoms with Gasteiger partial charge in [-0.3, -0.25) is 0 Å². The fourth-order valence-corrected chi connectivity index (χ4v) is 9.66. The molecule has 0 saturated heterocycles. The average molecular weight is 343 g/mol. The van der Waals surface area contributed by atoms with Crippen LogP contribution in [-0.2, 0) is 4.79 Å². The molecule has 8 unspecified atom stereocenters. The Bertz CT molecular complexity index is 554. The van der Waals surface area contributed by atoms with Crippen molar-refractivity contribution < 1.29 is 4.79 Å². The van der Waals surface area contributed by atoms with Crippen LogP contribution in [0.25, 0.3) is 0 Å². The molecule has 0 aliphatic heterocycles. The summed E-state index contributed by atoms with van der Waals surface area (Å²) in [5.74, 6) is 4.50. The third kappa shape index (κ3) is 2.10. The summed E-state index contributed by atoms with van der Waals surface area (Å²) in [4.78, 5) is 12.0. The van der Waals surface area contributed by atoms with Gasteiger partial charge in [0.15, 0.2) is 0 Å². The van der Waals surface area contributed by atoms with E-state index in [1.807, 2.05) is 0 Å². The van der Waals surface area contributed by atoms with Crippen LogP contribution in [-0.4, -0.2) is 6.29 Å². The highest BCUT2D eigenvalue weighted by Crippen LogP contribution is 2.70. The Labute approximate surface area is 154 Å². The molecule has 0 aromatic heterocycles. The Hall–Kier alpha value is -0.330. The number of rotatable bonds is 1. The van der Waals surface area contributed by atoms with Crippen LogP contribution in [0.15, 0.2) is 0 Å². The van der Waals surface area contributed by atoms with Crippen LogP contribution in [0.2, 0.25) is 0 Å². The monoisotopic (exact) mass is 342 g/mol. The van der Waals surface area contributed by atoms with Gasteiger partial charge in [-0.2, -0.15) is 0 Å². The zero-order valence-corrected chi connectivity index (χ0v) is 16.6. The molecule has 0 N–H and O–H groups in total. The van der Waals surface area contributed by atoms with E-state index in [9.17, 15) is 4.79 Å². The van der Waals surface area contributed by atoms with Crippen LogP contribution in [0.5, 0.6) is 0 Å². The molecule has 140 valence electrons. The van der Waals surface area contributed by atoms with E-state index >= 15 is 0 Å². The van der Waals surface area contributed by atoms with Crippen molar-refractivity contribution in [2.45, 2.75) is 97.3 Å². The maximum atomic E-state index is 12.0. The molecule has 5 aliphatic rings. The van der Waals surface area contributed by atoms with Gasteiger partial charge >= 0.3 is 0 Å². The van der Waals surface area contributed by atoms with E-state index < -0.39 is 0 Å². The summed E-state index contributed by atoms with van der Waals surface area (Å²) in [6.45, 7) is 5.39. The number of fused-ring (bicyclic) bond motifs is 7. The van der Waals surface area contributed by atoms with Crippen LogP contribution < -0.4 is 0 Å². The second-order valence-corrected chi connectivity index (χ2v) is 11.3. The van der Waals surface area contributed by atoms with Crippen LogP contribution in [0, 0.1) is 45.8 Å². The molecule has 5 fully saturated rings. The van der Waals surface area contributed by atoms with Crippen LogP contribution in [0.4, 0.5) is 0 Å². The Morgan fingerprint density at radius 3 is 2.44 bits per heavy atom. The molecule has 25 heavy (non-hydrogen) atoms. The number of hydrogen-bond acceptors (Lipinski definition) is 1. The zero-order valence-electron chi connectivity index (χ0n) is 16.6.